The van der Waals surface area contributed by atoms with E-state index in [1.165, 1.54) is 66.4 Å². The fourth-order valence-corrected chi connectivity index (χ4v) is 8.11. The molecule has 0 bridgehead atoms. The standard InChI is InChI=1S/C49H37N/c1-49(2)46-26-12-11-22-44(46)45-25-14-24-43(48(45)49)36-27-30-39(31-28-36)50(38-19-7-4-8-20-38)47-33-37(29-32-42(47)35-15-5-3-6-16-35)41-23-13-18-34-17-9-10-21-40(34)41/h3-33H,1-2H3. The number of hydrogen-bond acceptors (Lipinski definition) is 1. The Hall–Kier alpha value is -6.18. The summed E-state index contributed by atoms with van der Waals surface area (Å²) in [6, 6.07) is 68.5. The van der Waals surface area contributed by atoms with Gasteiger partial charge >= 0.3 is 0 Å². The van der Waals surface area contributed by atoms with Crippen LogP contribution < -0.4 is 4.90 Å². The van der Waals surface area contributed by atoms with Gasteiger partial charge in [0.25, 0.3) is 0 Å². The van der Waals surface area contributed by atoms with Crippen LogP contribution in [-0.4, -0.2) is 0 Å². The Labute approximate surface area is 294 Å². The van der Waals surface area contributed by atoms with Crippen molar-refractivity contribution in [3.05, 3.63) is 199 Å². The van der Waals surface area contributed by atoms with Crippen LogP contribution in [0.1, 0.15) is 25.0 Å². The second-order valence-electron chi connectivity index (χ2n) is 13.7. The Morgan fingerprint density at radius 1 is 0.380 bits per heavy atom. The molecule has 0 aliphatic heterocycles. The molecule has 0 spiro atoms. The van der Waals surface area contributed by atoms with E-state index in [9.17, 15) is 0 Å². The predicted molar refractivity (Wildman–Crippen MR) is 213 cm³/mol. The highest BCUT2D eigenvalue weighted by atomic mass is 15.1. The molecule has 1 nitrogen and oxygen atoms in total. The van der Waals surface area contributed by atoms with Gasteiger partial charge in [0.2, 0.25) is 0 Å². The third-order valence-electron chi connectivity index (χ3n) is 10.5. The summed E-state index contributed by atoms with van der Waals surface area (Å²) in [6.07, 6.45) is 0. The average molecular weight is 640 g/mol. The Morgan fingerprint density at radius 2 is 0.940 bits per heavy atom. The summed E-state index contributed by atoms with van der Waals surface area (Å²) in [4.78, 5) is 2.41. The van der Waals surface area contributed by atoms with Gasteiger partial charge in [0.05, 0.1) is 5.69 Å². The lowest BCUT2D eigenvalue weighted by Gasteiger charge is -2.29. The van der Waals surface area contributed by atoms with Crippen molar-refractivity contribution in [2.24, 2.45) is 0 Å². The molecule has 238 valence electrons. The first-order valence-corrected chi connectivity index (χ1v) is 17.4. The second kappa shape index (κ2) is 12.1. The van der Waals surface area contributed by atoms with Gasteiger partial charge in [-0.1, -0.05) is 172 Å². The molecule has 0 saturated heterocycles. The number of hydrogen-bond donors (Lipinski definition) is 0. The van der Waals surface area contributed by atoms with E-state index in [-0.39, 0.29) is 5.41 Å². The van der Waals surface area contributed by atoms with Gasteiger partial charge in [-0.3, -0.25) is 0 Å². The molecule has 8 aromatic carbocycles. The molecular weight excluding hydrogens is 603 g/mol. The molecule has 0 unspecified atom stereocenters. The zero-order valence-electron chi connectivity index (χ0n) is 28.3. The minimum atomic E-state index is -0.0795. The first kappa shape index (κ1) is 29.9. The molecule has 0 fully saturated rings. The lowest BCUT2D eigenvalue weighted by molar-refractivity contribution is 0.662. The highest BCUT2D eigenvalue weighted by Gasteiger charge is 2.37. The van der Waals surface area contributed by atoms with Crippen molar-refractivity contribution in [2.45, 2.75) is 19.3 Å². The van der Waals surface area contributed by atoms with E-state index in [1.54, 1.807) is 0 Å². The first-order chi connectivity index (χ1) is 24.6. The number of anilines is 3. The molecule has 1 aliphatic rings. The van der Waals surface area contributed by atoms with E-state index in [0.29, 0.717) is 0 Å². The van der Waals surface area contributed by atoms with Crippen LogP contribution in [0.4, 0.5) is 17.1 Å². The van der Waals surface area contributed by atoms with Crippen LogP contribution in [0.15, 0.2) is 188 Å². The summed E-state index contributed by atoms with van der Waals surface area (Å²) in [5, 5.41) is 2.50. The molecule has 50 heavy (non-hydrogen) atoms. The van der Waals surface area contributed by atoms with E-state index in [1.807, 2.05) is 0 Å². The van der Waals surface area contributed by atoms with Crippen molar-refractivity contribution >= 4 is 27.8 Å². The minimum absolute atomic E-state index is 0.0795. The fraction of sp³-hybridized carbons (Fsp3) is 0.0612. The molecule has 9 rings (SSSR count). The van der Waals surface area contributed by atoms with E-state index in [0.717, 1.165) is 17.1 Å². The predicted octanol–water partition coefficient (Wildman–Crippen LogP) is 13.6. The molecule has 0 N–H and O–H groups in total. The van der Waals surface area contributed by atoms with Crippen LogP contribution in [0.2, 0.25) is 0 Å². The Bertz CT molecular complexity index is 2490. The van der Waals surface area contributed by atoms with Gasteiger partial charge in [0.1, 0.15) is 0 Å². The lowest BCUT2D eigenvalue weighted by Crippen LogP contribution is -2.16. The van der Waals surface area contributed by atoms with Gasteiger partial charge in [-0.05, 0) is 91.2 Å². The van der Waals surface area contributed by atoms with Crippen LogP contribution in [0.3, 0.4) is 0 Å². The van der Waals surface area contributed by atoms with Gasteiger partial charge < -0.3 is 4.90 Å². The molecule has 8 aromatic rings. The van der Waals surface area contributed by atoms with E-state index >= 15 is 0 Å². The number of rotatable bonds is 6. The maximum Gasteiger partial charge on any atom is 0.0546 e. The summed E-state index contributed by atoms with van der Waals surface area (Å²) in [6.45, 7) is 4.72. The summed E-state index contributed by atoms with van der Waals surface area (Å²) >= 11 is 0. The number of benzene rings is 8. The molecule has 0 atom stereocenters. The third kappa shape index (κ3) is 4.94. The number of para-hydroxylation sites is 1. The zero-order valence-corrected chi connectivity index (χ0v) is 28.3. The van der Waals surface area contributed by atoms with Crippen molar-refractivity contribution in [2.75, 3.05) is 4.90 Å². The van der Waals surface area contributed by atoms with E-state index in [2.05, 4.69) is 207 Å². The SMILES string of the molecule is CC1(C)c2ccccc2-c2cccc(-c3ccc(N(c4ccccc4)c4cc(-c5cccc6ccccc56)ccc4-c4ccccc4)cc3)c21. The second-order valence-corrected chi connectivity index (χ2v) is 13.7. The van der Waals surface area contributed by atoms with Crippen LogP contribution in [-0.2, 0) is 5.41 Å². The van der Waals surface area contributed by atoms with Crippen molar-refractivity contribution in [1.29, 1.82) is 0 Å². The van der Waals surface area contributed by atoms with Gasteiger partial charge in [-0.15, -0.1) is 0 Å². The fourth-order valence-electron chi connectivity index (χ4n) is 8.11. The Balaban J connectivity index is 1.22. The molecule has 1 aliphatic carbocycles. The molecule has 1 heteroatoms. The minimum Gasteiger partial charge on any atom is -0.310 e. The monoisotopic (exact) mass is 639 g/mol. The van der Waals surface area contributed by atoms with Crippen LogP contribution in [0, 0.1) is 0 Å². The average Bonchev–Trinajstić information content (AvgIpc) is 3.42. The summed E-state index contributed by atoms with van der Waals surface area (Å²) in [5.41, 5.74) is 16.1. The topological polar surface area (TPSA) is 3.24 Å². The van der Waals surface area contributed by atoms with Crippen LogP contribution >= 0.6 is 0 Å². The molecule has 0 radical (unpaired) electrons. The molecule has 0 aromatic heterocycles. The first-order valence-electron chi connectivity index (χ1n) is 17.4. The van der Waals surface area contributed by atoms with Gasteiger partial charge in [-0.2, -0.15) is 0 Å². The highest BCUT2D eigenvalue weighted by Crippen LogP contribution is 2.52. The lowest BCUT2D eigenvalue weighted by atomic mass is 9.79. The normalized spacial score (nSPS) is 12.8. The Kier molecular flexibility index (Phi) is 7.21. The van der Waals surface area contributed by atoms with E-state index < -0.39 is 0 Å². The molecule has 0 amide bonds. The zero-order chi connectivity index (χ0) is 33.7. The summed E-state index contributed by atoms with van der Waals surface area (Å²) < 4.78 is 0. The van der Waals surface area contributed by atoms with Gasteiger partial charge in [0, 0.05) is 22.4 Å². The number of nitrogens with zero attached hydrogens (tertiary/aromatic N) is 1. The smallest absolute Gasteiger partial charge is 0.0546 e. The third-order valence-corrected chi connectivity index (χ3v) is 10.5. The molecule has 0 heterocycles. The van der Waals surface area contributed by atoms with Crippen LogP contribution in [0.25, 0.3) is 55.3 Å². The maximum atomic E-state index is 2.41. The van der Waals surface area contributed by atoms with E-state index in [4.69, 9.17) is 0 Å². The number of fused-ring (bicyclic) bond motifs is 4. The van der Waals surface area contributed by atoms with Crippen molar-refractivity contribution < 1.29 is 0 Å². The maximum absolute atomic E-state index is 2.41. The van der Waals surface area contributed by atoms with Crippen LogP contribution in [0.5, 0.6) is 0 Å². The highest BCUT2D eigenvalue weighted by molar-refractivity contribution is 5.99. The summed E-state index contributed by atoms with van der Waals surface area (Å²) in [5.74, 6) is 0. The quantitative estimate of drug-likeness (QED) is 0.175. The largest absolute Gasteiger partial charge is 0.310 e. The van der Waals surface area contributed by atoms with Crippen molar-refractivity contribution in [1.82, 2.24) is 0 Å². The molecule has 0 saturated carbocycles. The van der Waals surface area contributed by atoms with Gasteiger partial charge in [0.15, 0.2) is 0 Å². The van der Waals surface area contributed by atoms with Crippen molar-refractivity contribution in [3.8, 4) is 44.5 Å². The Morgan fingerprint density at radius 3 is 1.76 bits per heavy atom. The molecular formula is C49H37N. The summed E-state index contributed by atoms with van der Waals surface area (Å²) in [7, 11) is 0. The van der Waals surface area contributed by atoms with Gasteiger partial charge in [-0.25, -0.2) is 0 Å². The van der Waals surface area contributed by atoms with Crippen molar-refractivity contribution in [3.63, 3.8) is 0 Å².